The minimum atomic E-state index is -0.406. The molecule has 1 saturated heterocycles. The maximum Gasteiger partial charge on any atom is 0.235 e. The third-order valence-electron chi connectivity index (χ3n) is 4.69. The second-order valence-corrected chi connectivity index (χ2v) is 6.04. The number of carbonyl (C=O) groups excluding carboxylic acids is 1. The predicted molar refractivity (Wildman–Crippen MR) is 83.2 cm³/mol. The first-order valence-electron chi connectivity index (χ1n) is 7.92. The fourth-order valence-electron chi connectivity index (χ4n) is 3.22. The second-order valence-electron chi connectivity index (χ2n) is 6.04. The summed E-state index contributed by atoms with van der Waals surface area (Å²) in [5, 5.41) is 3.34. The van der Waals surface area contributed by atoms with Crippen LogP contribution in [0.3, 0.4) is 0 Å². The van der Waals surface area contributed by atoms with Gasteiger partial charge in [-0.15, -0.1) is 0 Å². The highest BCUT2D eigenvalue weighted by Gasteiger charge is 2.39. The van der Waals surface area contributed by atoms with Crippen molar-refractivity contribution in [1.29, 1.82) is 0 Å². The van der Waals surface area contributed by atoms with Crippen molar-refractivity contribution in [2.24, 2.45) is 4.99 Å². The molecule has 0 radical (unpaired) electrons. The van der Waals surface area contributed by atoms with E-state index in [0.717, 1.165) is 62.3 Å². The summed E-state index contributed by atoms with van der Waals surface area (Å²) in [6.45, 7) is 1.90. The molecule has 0 spiro atoms. The fraction of sp³-hybridized carbons (Fsp3) is 0.588. The van der Waals surface area contributed by atoms with Crippen LogP contribution >= 0.6 is 0 Å². The minimum absolute atomic E-state index is 0.157. The Morgan fingerprint density at radius 3 is 2.77 bits per heavy atom. The lowest BCUT2D eigenvalue weighted by Crippen LogP contribution is -2.37. The summed E-state index contributed by atoms with van der Waals surface area (Å²) >= 11 is 0. The minimum Gasteiger partial charge on any atom is -0.493 e. The number of nitrogens with zero attached hydrogens (tertiary/aromatic N) is 1. The first-order chi connectivity index (χ1) is 10.8. The zero-order valence-corrected chi connectivity index (χ0v) is 12.9. The number of hydrogen-bond acceptors (Lipinski definition) is 5. The van der Waals surface area contributed by atoms with Gasteiger partial charge in [0, 0.05) is 6.54 Å². The van der Waals surface area contributed by atoms with Gasteiger partial charge in [-0.05, 0) is 56.3 Å². The molecule has 1 aromatic rings. The summed E-state index contributed by atoms with van der Waals surface area (Å²) in [7, 11) is 1.64. The van der Waals surface area contributed by atoms with E-state index in [-0.39, 0.29) is 6.10 Å². The number of methoxy groups -OCH3 is 1. The molecule has 3 rings (SSSR count). The Bertz CT molecular complexity index is 571. The highest BCUT2D eigenvalue weighted by Crippen LogP contribution is 2.46. The third kappa shape index (κ3) is 2.87. The molecule has 1 heterocycles. The normalized spacial score (nSPS) is 23.0. The van der Waals surface area contributed by atoms with E-state index in [1.807, 2.05) is 18.2 Å². The van der Waals surface area contributed by atoms with E-state index >= 15 is 0 Å². The smallest absolute Gasteiger partial charge is 0.235 e. The van der Waals surface area contributed by atoms with Crippen LogP contribution in [0.15, 0.2) is 23.2 Å². The zero-order chi connectivity index (χ0) is 15.4. The molecule has 1 aliphatic carbocycles. The maximum atomic E-state index is 10.8. The zero-order valence-electron chi connectivity index (χ0n) is 12.9. The van der Waals surface area contributed by atoms with Gasteiger partial charge in [0.2, 0.25) is 6.08 Å². The molecule has 0 aromatic heterocycles. The van der Waals surface area contributed by atoms with Gasteiger partial charge in [-0.2, -0.15) is 4.99 Å². The standard InChI is InChI=1S/C17H22N2O3/c1-21-15-6-5-13(17(19-12-20)7-3-8-17)10-16(15)22-14-4-2-9-18-11-14/h5-6,10,14,18H,2-4,7-9,11H2,1H3. The van der Waals surface area contributed by atoms with Crippen molar-refractivity contribution in [3.8, 4) is 11.5 Å². The van der Waals surface area contributed by atoms with Crippen molar-refractivity contribution in [3.63, 3.8) is 0 Å². The van der Waals surface area contributed by atoms with Gasteiger partial charge in [-0.25, -0.2) is 4.79 Å². The van der Waals surface area contributed by atoms with Crippen molar-refractivity contribution in [1.82, 2.24) is 5.32 Å². The van der Waals surface area contributed by atoms with E-state index in [2.05, 4.69) is 10.3 Å². The molecule has 0 bridgehead atoms. The summed E-state index contributed by atoms with van der Waals surface area (Å²) in [6.07, 6.45) is 6.90. The van der Waals surface area contributed by atoms with Crippen LogP contribution in [-0.4, -0.2) is 32.4 Å². The number of benzene rings is 1. The van der Waals surface area contributed by atoms with E-state index in [1.54, 1.807) is 13.2 Å². The molecule has 1 aliphatic heterocycles. The van der Waals surface area contributed by atoms with Crippen LogP contribution in [0.5, 0.6) is 11.5 Å². The van der Waals surface area contributed by atoms with Crippen molar-refractivity contribution < 1.29 is 14.3 Å². The van der Waals surface area contributed by atoms with Crippen molar-refractivity contribution in [2.45, 2.75) is 43.7 Å². The van der Waals surface area contributed by atoms with Gasteiger partial charge in [0.1, 0.15) is 6.10 Å². The van der Waals surface area contributed by atoms with E-state index in [9.17, 15) is 4.79 Å². The summed E-state index contributed by atoms with van der Waals surface area (Å²) in [6, 6.07) is 5.86. The Morgan fingerprint density at radius 1 is 1.32 bits per heavy atom. The number of piperidine rings is 1. The molecular formula is C17H22N2O3. The van der Waals surface area contributed by atoms with Crippen molar-refractivity contribution in [3.05, 3.63) is 23.8 Å². The van der Waals surface area contributed by atoms with Crippen LogP contribution in [0.4, 0.5) is 0 Å². The lowest BCUT2D eigenvalue weighted by Gasteiger charge is -2.37. The molecule has 118 valence electrons. The van der Waals surface area contributed by atoms with Crippen molar-refractivity contribution in [2.75, 3.05) is 20.2 Å². The summed E-state index contributed by atoms with van der Waals surface area (Å²) in [5.41, 5.74) is 0.610. The van der Waals surface area contributed by atoms with E-state index in [4.69, 9.17) is 9.47 Å². The molecule has 2 aliphatic rings. The van der Waals surface area contributed by atoms with Crippen molar-refractivity contribution >= 4 is 6.08 Å². The van der Waals surface area contributed by atoms with Crippen LogP contribution in [0, 0.1) is 0 Å². The Kier molecular flexibility index (Phi) is 4.46. The van der Waals surface area contributed by atoms with Gasteiger partial charge >= 0.3 is 0 Å². The Balaban J connectivity index is 1.87. The largest absolute Gasteiger partial charge is 0.493 e. The fourth-order valence-corrected chi connectivity index (χ4v) is 3.22. The number of ether oxygens (including phenoxy) is 2. The first kappa shape index (κ1) is 15.1. The molecule has 1 aromatic carbocycles. The molecular weight excluding hydrogens is 280 g/mol. The van der Waals surface area contributed by atoms with Crippen LogP contribution in [0.1, 0.15) is 37.7 Å². The van der Waals surface area contributed by atoms with E-state index < -0.39 is 5.54 Å². The lowest BCUT2D eigenvalue weighted by molar-refractivity contribution is 0.160. The van der Waals surface area contributed by atoms with E-state index in [1.165, 1.54) is 0 Å². The van der Waals surface area contributed by atoms with Gasteiger partial charge in [-0.3, -0.25) is 0 Å². The highest BCUT2D eigenvalue weighted by atomic mass is 16.5. The average molecular weight is 302 g/mol. The van der Waals surface area contributed by atoms with Gasteiger partial charge in [-0.1, -0.05) is 6.07 Å². The third-order valence-corrected chi connectivity index (χ3v) is 4.69. The van der Waals surface area contributed by atoms with Crippen LogP contribution in [-0.2, 0) is 10.3 Å². The SMILES string of the molecule is COc1ccc(C2(N=C=O)CCC2)cc1OC1CCCNC1. The molecule has 1 N–H and O–H groups in total. The number of nitrogens with one attached hydrogen (secondary N) is 1. The van der Waals surface area contributed by atoms with Crippen LogP contribution in [0.25, 0.3) is 0 Å². The highest BCUT2D eigenvalue weighted by molar-refractivity contribution is 5.47. The average Bonchev–Trinajstić information content (AvgIpc) is 2.52. The number of rotatable bonds is 5. The Morgan fingerprint density at radius 2 is 2.18 bits per heavy atom. The van der Waals surface area contributed by atoms with Gasteiger partial charge < -0.3 is 14.8 Å². The molecule has 1 atom stereocenters. The molecule has 1 saturated carbocycles. The molecule has 0 amide bonds. The quantitative estimate of drug-likeness (QED) is 0.671. The van der Waals surface area contributed by atoms with Gasteiger partial charge in [0.25, 0.3) is 0 Å². The van der Waals surface area contributed by atoms with Crippen LogP contribution in [0.2, 0.25) is 0 Å². The monoisotopic (exact) mass is 302 g/mol. The molecule has 22 heavy (non-hydrogen) atoms. The van der Waals surface area contributed by atoms with Gasteiger partial charge in [0.05, 0.1) is 12.6 Å². The first-order valence-corrected chi connectivity index (χ1v) is 7.92. The van der Waals surface area contributed by atoms with Crippen LogP contribution < -0.4 is 14.8 Å². The lowest BCUT2D eigenvalue weighted by atomic mass is 9.72. The number of isocyanates is 1. The summed E-state index contributed by atoms with van der Waals surface area (Å²) in [5.74, 6) is 1.46. The molecule has 1 unspecified atom stereocenters. The summed E-state index contributed by atoms with van der Waals surface area (Å²) in [4.78, 5) is 14.8. The molecule has 2 fully saturated rings. The second kappa shape index (κ2) is 6.51. The number of hydrogen-bond donors (Lipinski definition) is 1. The Labute approximate surface area is 130 Å². The van der Waals surface area contributed by atoms with Gasteiger partial charge in [0.15, 0.2) is 11.5 Å². The Hall–Kier alpha value is -1.84. The van der Waals surface area contributed by atoms with E-state index in [0.29, 0.717) is 0 Å². The summed E-state index contributed by atoms with van der Waals surface area (Å²) < 4.78 is 11.5. The topological polar surface area (TPSA) is 59.9 Å². The predicted octanol–water partition coefficient (Wildman–Crippen LogP) is 2.54. The molecule has 5 nitrogen and oxygen atoms in total. The molecule has 5 heteroatoms. The number of aliphatic imine (C=N–C) groups is 1. The maximum absolute atomic E-state index is 10.8.